The van der Waals surface area contributed by atoms with Crippen LogP contribution in [0.4, 0.5) is 0 Å². The quantitative estimate of drug-likeness (QED) is 0.263. The van der Waals surface area contributed by atoms with Gasteiger partial charge in [-0.3, -0.25) is 4.99 Å². The summed E-state index contributed by atoms with van der Waals surface area (Å²) in [5, 5.41) is 3.12. The van der Waals surface area contributed by atoms with Crippen molar-refractivity contribution in [2.24, 2.45) is 16.6 Å². The minimum atomic E-state index is 0. The van der Waals surface area contributed by atoms with Crippen molar-refractivity contribution in [1.29, 1.82) is 0 Å². The maximum Gasteiger partial charge on any atom is 0.188 e. The number of halogens is 1. The monoisotopic (exact) mass is 379 g/mol. The number of aliphatic imine (C=N–C) groups is 1. The van der Waals surface area contributed by atoms with Gasteiger partial charge in [-0.2, -0.15) is 0 Å². The van der Waals surface area contributed by atoms with Gasteiger partial charge >= 0.3 is 0 Å². The summed E-state index contributed by atoms with van der Waals surface area (Å²) in [5.41, 5.74) is 5.73. The number of rotatable bonds is 6. The molecule has 1 rings (SSSR count). The molecule has 0 radical (unpaired) electrons. The highest BCUT2D eigenvalue weighted by molar-refractivity contribution is 14.0. The Morgan fingerprint density at radius 1 is 1.33 bits per heavy atom. The molecule has 5 heteroatoms. The predicted molar refractivity (Wildman–Crippen MR) is 91.9 cm³/mol. The molecule has 3 nitrogen and oxygen atoms in total. The van der Waals surface area contributed by atoms with Crippen molar-refractivity contribution in [1.82, 2.24) is 5.32 Å². The Labute approximate surface area is 131 Å². The number of hydrogen-bond acceptors (Lipinski definition) is 2. The average molecular weight is 379 g/mol. The molecule has 1 aromatic rings. The fourth-order valence-electron chi connectivity index (χ4n) is 1.20. The zero-order valence-corrected chi connectivity index (χ0v) is 14.1. The largest absolute Gasteiger partial charge is 0.370 e. The molecule has 0 unspecified atom stereocenters. The molecule has 0 bridgehead atoms. The maximum atomic E-state index is 5.73. The van der Waals surface area contributed by atoms with E-state index in [-0.39, 0.29) is 24.0 Å². The van der Waals surface area contributed by atoms with Gasteiger partial charge in [-0.25, -0.2) is 0 Å². The zero-order valence-electron chi connectivity index (χ0n) is 10.9. The highest BCUT2D eigenvalue weighted by Crippen LogP contribution is 2.15. The Morgan fingerprint density at radius 3 is 2.61 bits per heavy atom. The van der Waals surface area contributed by atoms with E-state index in [0.29, 0.717) is 11.9 Å². The van der Waals surface area contributed by atoms with E-state index >= 15 is 0 Å². The molecule has 0 aliphatic heterocycles. The molecule has 0 saturated carbocycles. The van der Waals surface area contributed by atoms with Crippen molar-refractivity contribution in [2.45, 2.75) is 18.7 Å². The Balaban J connectivity index is 0.00000289. The molecular formula is C13H22IN3S. The Morgan fingerprint density at radius 2 is 2.00 bits per heavy atom. The van der Waals surface area contributed by atoms with Gasteiger partial charge < -0.3 is 11.1 Å². The number of thioether (sulfide) groups is 1. The Kier molecular flexibility index (Phi) is 10.2. The third-order valence-corrected chi connectivity index (χ3v) is 3.06. The van der Waals surface area contributed by atoms with E-state index in [1.165, 1.54) is 4.90 Å². The second-order valence-electron chi connectivity index (χ2n) is 4.21. The minimum Gasteiger partial charge on any atom is -0.370 e. The second-order valence-corrected chi connectivity index (χ2v) is 5.38. The van der Waals surface area contributed by atoms with E-state index in [4.69, 9.17) is 5.73 Å². The van der Waals surface area contributed by atoms with Gasteiger partial charge in [0.05, 0.1) is 0 Å². The summed E-state index contributed by atoms with van der Waals surface area (Å²) in [6.45, 7) is 5.88. The van der Waals surface area contributed by atoms with Crippen LogP contribution in [0.2, 0.25) is 0 Å². The average Bonchev–Trinajstić information content (AvgIpc) is 2.33. The molecule has 0 heterocycles. The molecule has 0 aliphatic rings. The molecule has 0 fully saturated rings. The van der Waals surface area contributed by atoms with Crippen LogP contribution in [-0.4, -0.2) is 24.8 Å². The molecule has 0 atom stereocenters. The number of hydrogen-bond donors (Lipinski definition) is 2. The van der Waals surface area contributed by atoms with Crippen LogP contribution >= 0.6 is 35.7 Å². The first-order valence-electron chi connectivity index (χ1n) is 5.90. The van der Waals surface area contributed by atoms with Crippen molar-refractivity contribution in [2.75, 3.05) is 18.8 Å². The van der Waals surface area contributed by atoms with Gasteiger partial charge in [0.25, 0.3) is 0 Å². The first-order chi connectivity index (χ1) is 8.18. The van der Waals surface area contributed by atoms with Gasteiger partial charge in [-0.05, 0) is 18.1 Å². The van der Waals surface area contributed by atoms with Gasteiger partial charge in [0, 0.05) is 23.7 Å². The summed E-state index contributed by atoms with van der Waals surface area (Å²) in [5.74, 6) is 2.09. The van der Waals surface area contributed by atoms with E-state index in [0.717, 1.165) is 18.8 Å². The topological polar surface area (TPSA) is 50.4 Å². The third kappa shape index (κ3) is 8.63. The van der Waals surface area contributed by atoms with Gasteiger partial charge in [0.2, 0.25) is 0 Å². The van der Waals surface area contributed by atoms with E-state index in [9.17, 15) is 0 Å². The number of nitrogens with one attached hydrogen (secondary N) is 1. The molecule has 102 valence electrons. The van der Waals surface area contributed by atoms with Gasteiger partial charge in [-0.15, -0.1) is 35.7 Å². The lowest BCUT2D eigenvalue weighted by molar-refractivity contribution is 0.662. The van der Waals surface area contributed by atoms with Crippen LogP contribution in [0, 0.1) is 5.92 Å². The van der Waals surface area contributed by atoms with Crippen molar-refractivity contribution < 1.29 is 0 Å². The summed E-state index contributed by atoms with van der Waals surface area (Å²) in [6, 6.07) is 10.4. The Bertz CT molecular complexity index is 341. The van der Waals surface area contributed by atoms with Gasteiger partial charge in [0.1, 0.15) is 0 Å². The summed E-state index contributed by atoms with van der Waals surface area (Å²) >= 11 is 1.81. The lowest BCUT2D eigenvalue weighted by atomic mass is 10.2. The standard InChI is InChI=1S/C13H21N3S.HI/c1-11(2)10-16-13(14)15-8-9-17-12-6-4-3-5-7-12;/h3-7,11H,8-10H2,1-2H3,(H3,14,15,16);1H. The van der Waals surface area contributed by atoms with Crippen LogP contribution < -0.4 is 11.1 Å². The molecule has 18 heavy (non-hydrogen) atoms. The van der Waals surface area contributed by atoms with Crippen LogP contribution in [-0.2, 0) is 0 Å². The molecule has 3 N–H and O–H groups in total. The van der Waals surface area contributed by atoms with E-state index in [1.54, 1.807) is 0 Å². The predicted octanol–water partition coefficient (Wildman–Crippen LogP) is 2.96. The van der Waals surface area contributed by atoms with E-state index in [2.05, 4.69) is 36.3 Å². The first kappa shape index (κ1) is 17.6. The number of guanidine groups is 1. The minimum absolute atomic E-state index is 0. The number of nitrogens with two attached hydrogens (primary N) is 1. The SMILES string of the molecule is CC(C)CN=C(N)NCCSc1ccccc1.I. The van der Waals surface area contributed by atoms with Gasteiger partial charge in [0.15, 0.2) is 5.96 Å². The summed E-state index contributed by atoms with van der Waals surface area (Å²) < 4.78 is 0. The maximum absolute atomic E-state index is 5.73. The van der Waals surface area contributed by atoms with Crippen molar-refractivity contribution in [3.8, 4) is 0 Å². The lowest BCUT2D eigenvalue weighted by Gasteiger charge is -2.06. The fraction of sp³-hybridized carbons (Fsp3) is 0.462. The molecular weight excluding hydrogens is 357 g/mol. The van der Waals surface area contributed by atoms with Crippen LogP contribution in [0.1, 0.15) is 13.8 Å². The molecule has 0 amide bonds. The molecule has 0 spiro atoms. The molecule has 0 aliphatic carbocycles. The van der Waals surface area contributed by atoms with Crippen LogP contribution in [0.3, 0.4) is 0 Å². The van der Waals surface area contributed by atoms with Crippen LogP contribution in [0.5, 0.6) is 0 Å². The summed E-state index contributed by atoms with van der Waals surface area (Å²) in [6.07, 6.45) is 0. The molecule has 0 saturated heterocycles. The van der Waals surface area contributed by atoms with Crippen molar-refractivity contribution in [3.05, 3.63) is 30.3 Å². The molecule has 0 aromatic heterocycles. The fourth-order valence-corrected chi connectivity index (χ4v) is 1.99. The molecule has 1 aromatic carbocycles. The van der Waals surface area contributed by atoms with Gasteiger partial charge in [-0.1, -0.05) is 32.0 Å². The number of benzene rings is 1. The van der Waals surface area contributed by atoms with Crippen LogP contribution in [0.25, 0.3) is 0 Å². The highest BCUT2D eigenvalue weighted by Gasteiger charge is 1.95. The normalized spacial score (nSPS) is 11.2. The third-order valence-electron chi connectivity index (χ3n) is 2.05. The second kappa shape index (κ2) is 10.5. The smallest absolute Gasteiger partial charge is 0.188 e. The first-order valence-corrected chi connectivity index (χ1v) is 6.88. The number of nitrogens with zero attached hydrogens (tertiary/aromatic N) is 1. The summed E-state index contributed by atoms with van der Waals surface area (Å²) in [4.78, 5) is 5.53. The summed E-state index contributed by atoms with van der Waals surface area (Å²) in [7, 11) is 0. The Hall–Kier alpha value is -0.430. The lowest BCUT2D eigenvalue weighted by Crippen LogP contribution is -2.33. The van der Waals surface area contributed by atoms with E-state index in [1.807, 2.05) is 30.0 Å². The van der Waals surface area contributed by atoms with Crippen molar-refractivity contribution >= 4 is 41.7 Å². The highest BCUT2D eigenvalue weighted by atomic mass is 127. The van der Waals surface area contributed by atoms with Crippen LogP contribution in [0.15, 0.2) is 40.2 Å². The van der Waals surface area contributed by atoms with Crippen molar-refractivity contribution in [3.63, 3.8) is 0 Å². The van der Waals surface area contributed by atoms with E-state index < -0.39 is 0 Å². The zero-order chi connectivity index (χ0) is 12.5.